The van der Waals surface area contributed by atoms with E-state index in [4.69, 9.17) is 5.11 Å². The summed E-state index contributed by atoms with van der Waals surface area (Å²) in [6, 6.07) is 0. The fourth-order valence-corrected chi connectivity index (χ4v) is 1.90. The monoisotopic (exact) mass is 240 g/mol. The Morgan fingerprint density at radius 2 is 2.18 bits per heavy atom. The van der Waals surface area contributed by atoms with Crippen LogP contribution in [-0.2, 0) is 21.4 Å². The van der Waals surface area contributed by atoms with Crippen molar-refractivity contribution in [1.82, 2.24) is 9.78 Å². The summed E-state index contributed by atoms with van der Waals surface area (Å²) in [4.78, 5) is 22.1. The molecular weight excluding hydrogens is 224 g/mol. The molecule has 1 rings (SSSR count). The molecule has 0 bridgehead atoms. The number of methoxy groups -OCH3 is 1. The first-order valence-corrected chi connectivity index (χ1v) is 5.22. The summed E-state index contributed by atoms with van der Waals surface area (Å²) < 4.78 is 6.18. The molecule has 6 heteroatoms. The third-order valence-electron chi connectivity index (χ3n) is 2.63. The van der Waals surface area contributed by atoms with E-state index in [2.05, 4.69) is 9.84 Å². The van der Waals surface area contributed by atoms with Crippen LogP contribution in [0, 0.1) is 6.92 Å². The maximum atomic E-state index is 11.3. The predicted octanol–water partition coefficient (Wildman–Crippen LogP) is 0.850. The minimum atomic E-state index is -0.945. The molecule has 0 amide bonds. The minimum absolute atomic E-state index is 0.0448. The topological polar surface area (TPSA) is 81.4 Å². The van der Waals surface area contributed by atoms with Crippen molar-refractivity contribution in [3.63, 3.8) is 0 Å². The van der Waals surface area contributed by atoms with Crippen molar-refractivity contribution in [2.75, 3.05) is 7.11 Å². The number of aliphatic carboxylic acids is 1. The van der Waals surface area contributed by atoms with Gasteiger partial charge in [0.2, 0.25) is 0 Å². The summed E-state index contributed by atoms with van der Waals surface area (Å²) in [5, 5.41) is 12.9. The van der Waals surface area contributed by atoms with Crippen LogP contribution in [-0.4, -0.2) is 33.9 Å². The molecule has 0 radical (unpaired) electrons. The van der Waals surface area contributed by atoms with Gasteiger partial charge < -0.3 is 9.84 Å². The Morgan fingerprint density at radius 1 is 1.53 bits per heavy atom. The Labute approximate surface area is 99.2 Å². The molecule has 0 aliphatic heterocycles. The molecule has 6 nitrogen and oxygen atoms in total. The molecule has 1 heterocycles. The second kappa shape index (κ2) is 5.47. The summed E-state index contributed by atoms with van der Waals surface area (Å²) in [6.07, 6.45) is 1.58. The van der Waals surface area contributed by atoms with Crippen molar-refractivity contribution < 1.29 is 19.4 Å². The first-order chi connectivity index (χ1) is 7.95. The van der Waals surface area contributed by atoms with Crippen molar-refractivity contribution in [2.45, 2.75) is 25.7 Å². The molecule has 0 aliphatic rings. The molecule has 0 aliphatic carbocycles. The van der Waals surface area contributed by atoms with E-state index in [-0.39, 0.29) is 12.8 Å². The van der Waals surface area contributed by atoms with Gasteiger partial charge in [-0.15, -0.1) is 0 Å². The Balaban J connectivity index is 2.97. The second-order valence-electron chi connectivity index (χ2n) is 3.91. The van der Waals surface area contributed by atoms with Crippen LogP contribution in [0.2, 0.25) is 0 Å². The van der Waals surface area contributed by atoms with E-state index in [9.17, 15) is 9.59 Å². The fourth-order valence-electron chi connectivity index (χ4n) is 1.90. The average Bonchev–Trinajstić information content (AvgIpc) is 2.56. The Morgan fingerprint density at radius 3 is 2.59 bits per heavy atom. The molecule has 0 aromatic carbocycles. The lowest BCUT2D eigenvalue weighted by Gasteiger charge is -2.15. The third-order valence-corrected chi connectivity index (χ3v) is 2.63. The van der Waals surface area contributed by atoms with Gasteiger partial charge in [0.15, 0.2) is 0 Å². The molecule has 0 saturated carbocycles. The lowest BCUT2D eigenvalue weighted by atomic mass is 9.95. The van der Waals surface area contributed by atoms with Gasteiger partial charge in [-0.05, 0) is 12.5 Å². The molecule has 94 valence electrons. The van der Waals surface area contributed by atoms with Gasteiger partial charge in [-0.3, -0.25) is 14.3 Å². The Kier molecular flexibility index (Phi) is 4.25. The number of carbonyl (C=O) groups excluding carboxylic acids is 1. The summed E-state index contributed by atoms with van der Waals surface area (Å²) >= 11 is 0. The number of carbonyl (C=O) groups is 2. The molecule has 1 atom stereocenters. The van der Waals surface area contributed by atoms with Gasteiger partial charge in [-0.2, -0.15) is 5.10 Å². The molecule has 0 spiro atoms. The number of hydrogen-bond donors (Lipinski definition) is 1. The van der Waals surface area contributed by atoms with Crippen LogP contribution in [0.25, 0.3) is 0 Å². The van der Waals surface area contributed by atoms with E-state index in [1.807, 2.05) is 6.92 Å². The molecule has 1 unspecified atom stereocenters. The van der Waals surface area contributed by atoms with Crippen LogP contribution in [0.5, 0.6) is 0 Å². The summed E-state index contributed by atoms with van der Waals surface area (Å²) in [5.41, 5.74) is 1.64. The molecule has 1 aromatic rings. The quantitative estimate of drug-likeness (QED) is 0.771. The zero-order chi connectivity index (χ0) is 13.0. The van der Waals surface area contributed by atoms with Crippen LogP contribution >= 0.6 is 0 Å². The lowest BCUT2D eigenvalue weighted by Crippen LogP contribution is -2.16. The van der Waals surface area contributed by atoms with Crippen LogP contribution in [0.1, 0.15) is 30.0 Å². The normalized spacial score (nSPS) is 12.2. The molecular formula is C11H16N2O4. The van der Waals surface area contributed by atoms with E-state index in [1.165, 1.54) is 7.11 Å². The highest BCUT2D eigenvalue weighted by molar-refractivity contribution is 5.73. The number of aryl methyl sites for hydroxylation is 2. The Bertz CT molecular complexity index is 406. The van der Waals surface area contributed by atoms with Crippen LogP contribution in [0.4, 0.5) is 0 Å². The van der Waals surface area contributed by atoms with E-state index < -0.39 is 17.9 Å². The summed E-state index contributed by atoms with van der Waals surface area (Å²) in [6.45, 7) is 1.84. The molecule has 17 heavy (non-hydrogen) atoms. The first-order valence-electron chi connectivity index (χ1n) is 5.22. The number of esters is 1. The number of ether oxygens (including phenoxy) is 1. The first kappa shape index (κ1) is 13.2. The SMILES string of the molecule is COC(=O)CC(CC(=O)O)c1c(C)cnn1C. The zero-order valence-electron chi connectivity index (χ0n) is 10.1. The smallest absolute Gasteiger partial charge is 0.306 e. The number of hydrogen-bond acceptors (Lipinski definition) is 4. The largest absolute Gasteiger partial charge is 0.481 e. The summed E-state index contributed by atoms with van der Waals surface area (Å²) in [7, 11) is 3.02. The van der Waals surface area contributed by atoms with Gasteiger partial charge in [0, 0.05) is 18.7 Å². The van der Waals surface area contributed by atoms with Crippen LogP contribution < -0.4 is 0 Å². The molecule has 1 N–H and O–H groups in total. The van der Waals surface area contributed by atoms with Crippen LogP contribution in [0.15, 0.2) is 6.20 Å². The van der Waals surface area contributed by atoms with Gasteiger partial charge >= 0.3 is 11.9 Å². The number of aromatic nitrogens is 2. The molecule has 0 fully saturated rings. The number of nitrogens with zero attached hydrogens (tertiary/aromatic N) is 2. The van der Waals surface area contributed by atoms with E-state index >= 15 is 0 Å². The van der Waals surface area contributed by atoms with Crippen molar-refractivity contribution in [3.05, 3.63) is 17.5 Å². The van der Waals surface area contributed by atoms with Crippen LogP contribution in [0.3, 0.4) is 0 Å². The molecule has 0 saturated heterocycles. The third kappa shape index (κ3) is 3.30. The van der Waals surface area contributed by atoms with Gasteiger partial charge in [-0.25, -0.2) is 0 Å². The highest BCUT2D eigenvalue weighted by Gasteiger charge is 2.24. The highest BCUT2D eigenvalue weighted by Crippen LogP contribution is 2.26. The van der Waals surface area contributed by atoms with Gasteiger partial charge in [0.25, 0.3) is 0 Å². The maximum Gasteiger partial charge on any atom is 0.306 e. The highest BCUT2D eigenvalue weighted by atomic mass is 16.5. The van der Waals surface area contributed by atoms with Crippen molar-refractivity contribution in [3.8, 4) is 0 Å². The van der Waals surface area contributed by atoms with E-state index in [0.29, 0.717) is 0 Å². The fraction of sp³-hybridized carbons (Fsp3) is 0.545. The number of carboxylic acids is 1. The average molecular weight is 240 g/mol. The zero-order valence-corrected chi connectivity index (χ0v) is 10.1. The summed E-state index contributed by atoms with van der Waals surface area (Å²) in [5.74, 6) is -1.77. The minimum Gasteiger partial charge on any atom is -0.481 e. The van der Waals surface area contributed by atoms with Crippen molar-refractivity contribution in [2.24, 2.45) is 7.05 Å². The standard InChI is InChI=1S/C11H16N2O4/c1-7-6-12-13(2)11(7)8(4-9(14)15)5-10(16)17-3/h6,8H,4-5H2,1-3H3,(H,14,15). The van der Waals surface area contributed by atoms with Crippen molar-refractivity contribution >= 4 is 11.9 Å². The lowest BCUT2D eigenvalue weighted by molar-refractivity contribution is -0.142. The van der Waals surface area contributed by atoms with E-state index in [0.717, 1.165) is 11.3 Å². The maximum absolute atomic E-state index is 11.3. The molecule has 1 aromatic heterocycles. The number of rotatable bonds is 5. The van der Waals surface area contributed by atoms with Gasteiger partial charge in [-0.1, -0.05) is 0 Å². The Hall–Kier alpha value is -1.85. The number of carboxylic acid groups (broad SMARTS) is 1. The van der Waals surface area contributed by atoms with Gasteiger partial charge in [0.05, 0.1) is 26.1 Å². The van der Waals surface area contributed by atoms with Crippen molar-refractivity contribution in [1.29, 1.82) is 0 Å². The predicted molar refractivity (Wildman–Crippen MR) is 59.6 cm³/mol. The van der Waals surface area contributed by atoms with Gasteiger partial charge in [0.1, 0.15) is 0 Å². The second-order valence-corrected chi connectivity index (χ2v) is 3.91. The van der Waals surface area contributed by atoms with E-state index in [1.54, 1.807) is 17.9 Å².